The molecule has 0 heterocycles. The summed E-state index contributed by atoms with van der Waals surface area (Å²) in [4.78, 5) is 24.6. The second kappa shape index (κ2) is 8.34. The molecule has 150 valence electrons. The van der Waals surface area contributed by atoms with E-state index in [1.165, 1.54) is 19.1 Å². The molecule has 0 aliphatic rings. The minimum absolute atomic E-state index is 0.0139. The van der Waals surface area contributed by atoms with Crippen molar-refractivity contribution in [1.29, 1.82) is 0 Å². The Morgan fingerprint density at radius 1 is 0.966 bits per heavy atom. The summed E-state index contributed by atoms with van der Waals surface area (Å²) in [5.74, 6) is -0.955. The van der Waals surface area contributed by atoms with Gasteiger partial charge in [-0.2, -0.15) is 13.2 Å². The quantitative estimate of drug-likeness (QED) is 0.660. The lowest BCUT2D eigenvalue weighted by atomic mass is 10.0. The first-order valence-electron chi connectivity index (χ1n) is 8.98. The fraction of sp³-hybridized carbons (Fsp3) is 0.182. The first-order valence-corrected chi connectivity index (χ1v) is 8.98. The lowest BCUT2D eigenvalue weighted by Gasteiger charge is -2.15. The Morgan fingerprint density at radius 3 is 2.41 bits per heavy atom. The average molecular weight is 400 g/mol. The molecule has 0 aliphatic carbocycles. The van der Waals surface area contributed by atoms with E-state index >= 15 is 0 Å². The van der Waals surface area contributed by atoms with E-state index in [-0.39, 0.29) is 18.0 Å². The van der Waals surface area contributed by atoms with Crippen molar-refractivity contribution >= 4 is 28.3 Å². The Kier molecular flexibility index (Phi) is 5.87. The van der Waals surface area contributed by atoms with E-state index < -0.39 is 23.7 Å². The molecule has 7 heteroatoms. The van der Waals surface area contributed by atoms with E-state index in [1.54, 1.807) is 0 Å². The number of hydrogen-bond donors (Lipinski definition) is 2. The summed E-state index contributed by atoms with van der Waals surface area (Å²) < 4.78 is 38.4. The van der Waals surface area contributed by atoms with Crippen LogP contribution in [0, 0.1) is 0 Å². The number of benzene rings is 3. The predicted molar refractivity (Wildman–Crippen MR) is 105 cm³/mol. The van der Waals surface area contributed by atoms with Gasteiger partial charge in [-0.1, -0.05) is 48.5 Å². The van der Waals surface area contributed by atoms with Gasteiger partial charge >= 0.3 is 6.18 Å². The van der Waals surface area contributed by atoms with Gasteiger partial charge in [0.25, 0.3) is 0 Å². The minimum atomic E-state index is -4.50. The van der Waals surface area contributed by atoms with Gasteiger partial charge in [-0.15, -0.1) is 0 Å². The van der Waals surface area contributed by atoms with Gasteiger partial charge in [0.05, 0.1) is 12.0 Å². The van der Waals surface area contributed by atoms with Crippen LogP contribution in [0.1, 0.15) is 18.1 Å². The number of hydrogen-bond acceptors (Lipinski definition) is 2. The summed E-state index contributed by atoms with van der Waals surface area (Å²) >= 11 is 0. The molecule has 0 saturated heterocycles. The van der Waals surface area contributed by atoms with Crippen molar-refractivity contribution in [2.75, 3.05) is 5.32 Å². The molecule has 29 heavy (non-hydrogen) atoms. The van der Waals surface area contributed by atoms with Crippen molar-refractivity contribution in [2.45, 2.75) is 25.6 Å². The van der Waals surface area contributed by atoms with Crippen LogP contribution in [0.2, 0.25) is 0 Å². The third-order valence-electron chi connectivity index (χ3n) is 4.46. The van der Waals surface area contributed by atoms with Gasteiger partial charge in [-0.3, -0.25) is 9.59 Å². The molecule has 4 nitrogen and oxygen atoms in total. The smallest absolute Gasteiger partial charge is 0.344 e. The highest BCUT2D eigenvalue weighted by atomic mass is 19.4. The molecule has 0 fully saturated rings. The molecule has 3 aromatic carbocycles. The fourth-order valence-electron chi connectivity index (χ4n) is 3.00. The van der Waals surface area contributed by atoms with Crippen molar-refractivity contribution in [1.82, 2.24) is 5.32 Å². The lowest BCUT2D eigenvalue weighted by Crippen LogP contribution is -2.42. The Bertz CT molecular complexity index is 1040. The van der Waals surface area contributed by atoms with Gasteiger partial charge in [0.15, 0.2) is 0 Å². The largest absolute Gasteiger partial charge is 0.416 e. The maximum atomic E-state index is 12.8. The fourth-order valence-corrected chi connectivity index (χ4v) is 3.00. The van der Waals surface area contributed by atoms with Crippen molar-refractivity contribution in [3.63, 3.8) is 0 Å². The van der Waals surface area contributed by atoms with Crippen LogP contribution in [0.5, 0.6) is 0 Å². The average Bonchev–Trinajstić information content (AvgIpc) is 2.67. The Labute approximate surface area is 165 Å². The van der Waals surface area contributed by atoms with Gasteiger partial charge in [0.2, 0.25) is 11.8 Å². The van der Waals surface area contributed by atoms with Crippen LogP contribution >= 0.6 is 0 Å². The molecule has 0 spiro atoms. The third kappa shape index (κ3) is 5.13. The van der Waals surface area contributed by atoms with Crippen LogP contribution in [-0.4, -0.2) is 17.9 Å². The van der Waals surface area contributed by atoms with Crippen LogP contribution in [0.3, 0.4) is 0 Å². The Morgan fingerprint density at radius 2 is 1.66 bits per heavy atom. The zero-order valence-electron chi connectivity index (χ0n) is 15.6. The lowest BCUT2D eigenvalue weighted by molar-refractivity contribution is -0.137. The standard InChI is InChI=1S/C22H19F3N2O2/c1-14(21(29)27-18-10-5-9-17(13-18)22(23,24)25)26-20(28)12-16-8-4-7-15-6-2-3-11-19(15)16/h2-11,13-14H,12H2,1H3,(H,26,28)(H,27,29). The van der Waals surface area contributed by atoms with E-state index in [0.29, 0.717) is 0 Å². The highest BCUT2D eigenvalue weighted by Gasteiger charge is 2.30. The van der Waals surface area contributed by atoms with Crippen molar-refractivity contribution in [3.05, 3.63) is 77.9 Å². The number of anilines is 1. The Hall–Kier alpha value is -3.35. The highest BCUT2D eigenvalue weighted by molar-refractivity contribution is 5.98. The maximum Gasteiger partial charge on any atom is 0.416 e. The summed E-state index contributed by atoms with van der Waals surface area (Å²) in [7, 11) is 0. The van der Waals surface area contributed by atoms with E-state index in [4.69, 9.17) is 0 Å². The van der Waals surface area contributed by atoms with Crippen molar-refractivity contribution in [2.24, 2.45) is 0 Å². The monoisotopic (exact) mass is 400 g/mol. The molecule has 1 unspecified atom stereocenters. The van der Waals surface area contributed by atoms with Crippen molar-refractivity contribution < 1.29 is 22.8 Å². The first-order chi connectivity index (χ1) is 13.7. The zero-order valence-corrected chi connectivity index (χ0v) is 15.6. The number of alkyl halides is 3. The van der Waals surface area contributed by atoms with Crippen LogP contribution < -0.4 is 10.6 Å². The minimum Gasteiger partial charge on any atom is -0.344 e. The molecule has 1 atom stereocenters. The molecule has 0 saturated carbocycles. The van der Waals surface area contributed by atoms with E-state index in [9.17, 15) is 22.8 Å². The summed E-state index contributed by atoms with van der Waals surface area (Å²) in [6.07, 6.45) is -4.42. The predicted octanol–water partition coefficient (Wildman–Crippen LogP) is 4.54. The number of halogens is 3. The summed E-state index contributed by atoms with van der Waals surface area (Å²) in [6.45, 7) is 1.48. The Balaban J connectivity index is 1.63. The number of fused-ring (bicyclic) bond motifs is 1. The number of nitrogens with one attached hydrogen (secondary N) is 2. The molecule has 3 rings (SSSR count). The molecule has 0 radical (unpaired) electrons. The van der Waals surface area contributed by atoms with Gasteiger partial charge in [0, 0.05) is 5.69 Å². The van der Waals surface area contributed by atoms with E-state index in [0.717, 1.165) is 28.5 Å². The first kappa shape index (κ1) is 20.4. The van der Waals surface area contributed by atoms with Crippen LogP contribution in [-0.2, 0) is 22.2 Å². The second-order valence-corrected chi connectivity index (χ2v) is 6.67. The number of amides is 2. The molecule has 2 N–H and O–H groups in total. The maximum absolute atomic E-state index is 12.8. The van der Waals surface area contributed by atoms with Crippen LogP contribution in [0.25, 0.3) is 10.8 Å². The number of carbonyl (C=O) groups excluding carboxylic acids is 2. The molecule has 2 amide bonds. The molecule has 0 bridgehead atoms. The van der Waals surface area contributed by atoms with Crippen molar-refractivity contribution in [3.8, 4) is 0 Å². The van der Waals surface area contributed by atoms with Gasteiger partial charge in [0.1, 0.15) is 6.04 Å². The highest BCUT2D eigenvalue weighted by Crippen LogP contribution is 2.30. The van der Waals surface area contributed by atoms with E-state index in [1.807, 2.05) is 42.5 Å². The van der Waals surface area contributed by atoms with Gasteiger partial charge in [-0.05, 0) is 41.5 Å². The third-order valence-corrected chi connectivity index (χ3v) is 4.46. The molecular formula is C22H19F3N2O2. The molecule has 0 aliphatic heterocycles. The summed E-state index contributed by atoms with van der Waals surface area (Å²) in [5, 5.41) is 6.94. The zero-order chi connectivity index (χ0) is 21.0. The molecular weight excluding hydrogens is 381 g/mol. The number of carbonyl (C=O) groups is 2. The topological polar surface area (TPSA) is 58.2 Å². The van der Waals surface area contributed by atoms with Gasteiger partial charge < -0.3 is 10.6 Å². The SMILES string of the molecule is CC(NC(=O)Cc1cccc2ccccc12)C(=O)Nc1cccc(C(F)(F)F)c1. The number of rotatable bonds is 5. The van der Waals surface area contributed by atoms with Crippen LogP contribution in [0.15, 0.2) is 66.7 Å². The van der Waals surface area contributed by atoms with Gasteiger partial charge in [-0.25, -0.2) is 0 Å². The van der Waals surface area contributed by atoms with Crippen LogP contribution in [0.4, 0.5) is 18.9 Å². The summed E-state index contributed by atoms with van der Waals surface area (Å²) in [5.41, 5.74) is -0.0194. The molecule has 3 aromatic rings. The summed E-state index contributed by atoms with van der Waals surface area (Å²) in [6, 6.07) is 16.7. The van der Waals surface area contributed by atoms with E-state index in [2.05, 4.69) is 10.6 Å². The normalized spacial score (nSPS) is 12.4. The second-order valence-electron chi connectivity index (χ2n) is 6.67. The molecule has 0 aromatic heterocycles.